The van der Waals surface area contributed by atoms with Crippen LogP contribution in [0.2, 0.25) is 0 Å². The van der Waals surface area contributed by atoms with Gasteiger partial charge in [0.1, 0.15) is 17.1 Å². The van der Waals surface area contributed by atoms with E-state index in [0.29, 0.717) is 18.1 Å². The van der Waals surface area contributed by atoms with Crippen LogP contribution in [0.15, 0.2) is 46.9 Å². The molecule has 1 heterocycles. The van der Waals surface area contributed by atoms with E-state index in [0.717, 1.165) is 34.1 Å². The summed E-state index contributed by atoms with van der Waals surface area (Å²) in [6.45, 7) is 3.94. The maximum absolute atomic E-state index is 11.4. The summed E-state index contributed by atoms with van der Waals surface area (Å²) in [5.41, 5.74) is 3.55. The van der Waals surface area contributed by atoms with Gasteiger partial charge in [-0.2, -0.15) is 0 Å². The number of rotatable bonds is 7. The third kappa shape index (κ3) is 3.58. The maximum Gasteiger partial charge on any atom is 0.344 e. The van der Waals surface area contributed by atoms with Gasteiger partial charge in [0.25, 0.3) is 0 Å². The van der Waals surface area contributed by atoms with Gasteiger partial charge in [0, 0.05) is 16.5 Å². The van der Waals surface area contributed by atoms with Crippen molar-refractivity contribution in [3.8, 4) is 17.1 Å². The summed E-state index contributed by atoms with van der Waals surface area (Å²) in [4.78, 5) is 11.4. The van der Waals surface area contributed by atoms with Crippen LogP contribution >= 0.6 is 0 Å². The number of aliphatic hydroxyl groups is 1. The van der Waals surface area contributed by atoms with Crippen molar-refractivity contribution < 1.29 is 23.8 Å². The van der Waals surface area contributed by atoms with Crippen LogP contribution in [0, 0.1) is 0 Å². The molecule has 0 aliphatic rings. The molecule has 0 atom stereocenters. The summed E-state index contributed by atoms with van der Waals surface area (Å²) in [7, 11) is 0. The molecule has 5 heteroatoms. The van der Waals surface area contributed by atoms with E-state index >= 15 is 0 Å². The van der Waals surface area contributed by atoms with Crippen molar-refractivity contribution in [2.24, 2.45) is 0 Å². The van der Waals surface area contributed by atoms with E-state index in [1.807, 2.05) is 30.3 Å². The molecule has 0 saturated carbocycles. The molecular weight excluding hydrogens is 332 g/mol. The van der Waals surface area contributed by atoms with Gasteiger partial charge in [-0.1, -0.05) is 19.1 Å². The zero-order chi connectivity index (χ0) is 18.5. The summed E-state index contributed by atoms with van der Waals surface area (Å²) in [6, 6.07) is 13.2. The number of hydrogen-bond donors (Lipinski definition) is 1. The summed E-state index contributed by atoms with van der Waals surface area (Å²) < 4.78 is 16.3. The molecule has 0 aliphatic heterocycles. The number of esters is 1. The highest BCUT2D eigenvalue weighted by molar-refractivity contribution is 5.90. The summed E-state index contributed by atoms with van der Waals surface area (Å²) >= 11 is 0. The standard InChI is InChI=1S/C21H22O5/c1-3-14-6-5-7-18-20(14)17(12-22)21(26-18)15-8-10-16(11-9-15)25-13-19(23)24-4-2/h5-11,22H,3-4,12-13H2,1-2H3. The molecule has 0 saturated heterocycles. The third-order valence-corrected chi connectivity index (χ3v) is 4.22. The first-order valence-corrected chi connectivity index (χ1v) is 8.70. The minimum atomic E-state index is -0.400. The second-order valence-corrected chi connectivity index (χ2v) is 5.83. The molecule has 1 aromatic heterocycles. The molecule has 26 heavy (non-hydrogen) atoms. The lowest BCUT2D eigenvalue weighted by molar-refractivity contribution is -0.145. The molecule has 5 nitrogen and oxygen atoms in total. The number of ether oxygens (including phenoxy) is 2. The monoisotopic (exact) mass is 354 g/mol. The van der Waals surface area contributed by atoms with Crippen molar-refractivity contribution in [2.75, 3.05) is 13.2 Å². The largest absolute Gasteiger partial charge is 0.482 e. The Morgan fingerprint density at radius 3 is 2.54 bits per heavy atom. The molecule has 0 unspecified atom stereocenters. The Morgan fingerprint density at radius 1 is 1.12 bits per heavy atom. The molecule has 3 rings (SSSR count). The number of fused-ring (bicyclic) bond motifs is 1. The second kappa shape index (κ2) is 8.06. The molecule has 3 aromatic rings. The number of benzene rings is 2. The predicted octanol–water partition coefficient (Wildman–Crippen LogP) is 4.10. The maximum atomic E-state index is 11.4. The fourth-order valence-corrected chi connectivity index (χ4v) is 3.02. The summed E-state index contributed by atoms with van der Waals surface area (Å²) in [5, 5.41) is 10.9. The SMILES string of the molecule is CCOC(=O)COc1ccc(-c2oc3cccc(CC)c3c2CO)cc1. The fourth-order valence-electron chi connectivity index (χ4n) is 3.02. The first-order valence-electron chi connectivity index (χ1n) is 8.70. The van der Waals surface area contributed by atoms with Crippen molar-refractivity contribution in [3.63, 3.8) is 0 Å². The Hall–Kier alpha value is -2.79. The zero-order valence-corrected chi connectivity index (χ0v) is 15.0. The molecule has 0 spiro atoms. The Bertz CT molecular complexity index is 893. The van der Waals surface area contributed by atoms with Crippen LogP contribution in [0.3, 0.4) is 0 Å². The quantitative estimate of drug-likeness (QED) is 0.647. The second-order valence-electron chi connectivity index (χ2n) is 5.83. The molecule has 0 bridgehead atoms. The topological polar surface area (TPSA) is 68.9 Å². The molecule has 0 radical (unpaired) electrons. The Balaban J connectivity index is 1.88. The highest BCUT2D eigenvalue weighted by Crippen LogP contribution is 2.36. The van der Waals surface area contributed by atoms with Gasteiger partial charge >= 0.3 is 5.97 Å². The van der Waals surface area contributed by atoms with Crippen LogP contribution in [0.25, 0.3) is 22.3 Å². The van der Waals surface area contributed by atoms with Crippen molar-refractivity contribution in [3.05, 3.63) is 53.6 Å². The molecular formula is C21H22O5. The fraction of sp³-hybridized carbons (Fsp3) is 0.286. The van der Waals surface area contributed by atoms with Crippen molar-refractivity contribution in [2.45, 2.75) is 26.9 Å². The molecule has 136 valence electrons. The summed E-state index contributed by atoms with van der Waals surface area (Å²) in [5.74, 6) is 0.821. The van der Waals surface area contributed by atoms with E-state index in [9.17, 15) is 9.90 Å². The lowest BCUT2D eigenvalue weighted by atomic mass is 10.0. The van der Waals surface area contributed by atoms with Crippen LogP contribution in [-0.2, 0) is 22.6 Å². The van der Waals surface area contributed by atoms with Gasteiger partial charge < -0.3 is 19.0 Å². The molecule has 0 fully saturated rings. The highest BCUT2D eigenvalue weighted by atomic mass is 16.6. The van der Waals surface area contributed by atoms with E-state index in [2.05, 4.69) is 6.92 Å². The molecule has 2 aromatic carbocycles. The normalized spacial score (nSPS) is 10.9. The first kappa shape index (κ1) is 18.0. The van der Waals surface area contributed by atoms with Gasteiger partial charge in [-0.05, 0) is 49.2 Å². The first-order chi connectivity index (χ1) is 12.7. The van der Waals surface area contributed by atoms with E-state index < -0.39 is 5.97 Å². The molecule has 1 N–H and O–H groups in total. The number of carbonyl (C=O) groups is 1. The van der Waals surface area contributed by atoms with Crippen LogP contribution in [0.1, 0.15) is 25.0 Å². The Labute approximate surface area is 152 Å². The smallest absolute Gasteiger partial charge is 0.344 e. The van der Waals surface area contributed by atoms with E-state index in [4.69, 9.17) is 13.9 Å². The number of hydrogen-bond acceptors (Lipinski definition) is 5. The highest BCUT2D eigenvalue weighted by Gasteiger charge is 2.17. The zero-order valence-electron chi connectivity index (χ0n) is 15.0. The lowest BCUT2D eigenvalue weighted by Gasteiger charge is -2.07. The average molecular weight is 354 g/mol. The van der Waals surface area contributed by atoms with Crippen molar-refractivity contribution >= 4 is 16.9 Å². The minimum Gasteiger partial charge on any atom is -0.482 e. The Morgan fingerprint density at radius 2 is 1.88 bits per heavy atom. The number of furan rings is 1. The van der Waals surface area contributed by atoms with Crippen molar-refractivity contribution in [1.29, 1.82) is 0 Å². The lowest BCUT2D eigenvalue weighted by Crippen LogP contribution is -2.14. The van der Waals surface area contributed by atoms with Crippen LogP contribution < -0.4 is 4.74 Å². The van der Waals surface area contributed by atoms with Gasteiger partial charge in [0.05, 0.1) is 13.2 Å². The number of carbonyl (C=O) groups excluding carboxylic acids is 1. The number of aryl methyl sites for hydroxylation is 1. The van der Waals surface area contributed by atoms with E-state index in [1.54, 1.807) is 19.1 Å². The van der Waals surface area contributed by atoms with Gasteiger partial charge in [0.15, 0.2) is 6.61 Å². The predicted molar refractivity (Wildman–Crippen MR) is 99.1 cm³/mol. The van der Waals surface area contributed by atoms with Crippen LogP contribution in [0.4, 0.5) is 0 Å². The summed E-state index contributed by atoms with van der Waals surface area (Å²) in [6.07, 6.45) is 0.865. The van der Waals surface area contributed by atoms with Gasteiger partial charge in [-0.3, -0.25) is 0 Å². The molecule has 0 aliphatic carbocycles. The minimum absolute atomic E-state index is 0.0968. The third-order valence-electron chi connectivity index (χ3n) is 4.22. The van der Waals surface area contributed by atoms with Crippen molar-refractivity contribution in [1.82, 2.24) is 0 Å². The van der Waals surface area contributed by atoms with Crippen LogP contribution in [-0.4, -0.2) is 24.3 Å². The van der Waals surface area contributed by atoms with Crippen LogP contribution in [0.5, 0.6) is 5.75 Å². The molecule has 0 amide bonds. The van der Waals surface area contributed by atoms with E-state index in [1.165, 1.54) is 0 Å². The van der Waals surface area contributed by atoms with Gasteiger partial charge in [-0.25, -0.2) is 4.79 Å². The average Bonchev–Trinajstić information content (AvgIpc) is 3.05. The number of aliphatic hydroxyl groups excluding tert-OH is 1. The van der Waals surface area contributed by atoms with E-state index in [-0.39, 0.29) is 13.2 Å². The van der Waals surface area contributed by atoms with Gasteiger partial charge in [0.2, 0.25) is 0 Å². The Kier molecular flexibility index (Phi) is 5.58. The van der Waals surface area contributed by atoms with Gasteiger partial charge in [-0.15, -0.1) is 0 Å².